The van der Waals surface area contributed by atoms with Crippen molar-refractivity contribution < 1.29 is 16.8 Å². The first-order valence-electron chi connectivity index (χ1n) is 4.53. The van der Waals surface area contributed by atoms with Gasteiger partial charge < -0.3 is 0 Å². The zero-order valence-electron chi connectivity index (χ0n) is 8.15. The monoisotopic (exact) mass is 272 g/mol. The molecule has 0 aliphatic carbocycles. The molecule has 0 spiro atoms. The van der Waals surface area contributed by atoms with E-state index < -0.39 is 18.9 Å². The molecule has 1 aliphatic heterocycles. The van der Waals surface area contributed by atoms with Gasteiger partial charge in [0.05, 0.1) is 16.4 Å². The first-order valence-corrected chi connectivity index (χ1v) is 8.67. The smallest absolute Gasteiger partial charge is 0.229 e. The summed E-state index contributed by atoms with van der Waals surface area (Å²) in [5, 5.41) is 0. The van der Waals surface area contributed by atoms with E-state index in [1.807, 2.05) is 0 Å². The lowest BCUT2D eigenvalue weighted by molar-refractivity contribution is 0.486. The Bertz CT molecular complexity index is 449. The summed E-state index contributed by atoms with van der Waals surface area (Å²) in [6, 6.07) is 0. The van der Waals surface area contributed by atoms with Crippen molar-refractivity contribution in [2.24, 2.45) is 5.92 Å². The van der Waals surface area contributed by atoms with Crippen LogP contribution >= 0.6 is 10.7 Å². The molecular weight excluding hydrogens is 260 g/mol. The van der Waals surface area contributed by atoms with Crippen LogP contribution < -0.4 is 0 Å². The minimum absolute atomic E-state index is 0.0401. The molecular formula is C8H13ClO4S2. The normalized spacial score (nSPS) is 26.1. The van der Waals surface area contributed by atoms with Gasteiger partial charge in [-0.1, -0.05) is 6.58 Å². The maximum atomic E-state index is 11.3. The summed E-state index contributed by atoms with van der Waals surface area (Å²) in [5.74, 6) is 0.0759. The predicted octanol–water partition coefficient (Wildman–Crippen LogP) is 1.28. The van der Waals surface area contributed by atoms with E-state index >= 15 is 0 Å². The van der Waals surface area contributed by atoms with E-state index in [1.54, 1.807) is 0 Å². The van der Waals surface area contributed by atoms with Crippen LogP contribution in [0.3, 0.4) is 0 Å². The zero-order valence-corrected chi connectivity index (χ0v) is 10.5. The Balaban J connectivity index is 2.65. The Kier molecular flexibility index (Phi) is 3.84. The Labute approximate surface area is 94.7 Å². The number of allylic oxidation sites excluding steroid dienone is 1. The molecule has 0 N–H and O–H groups in total. The third-order valence-electron chi connectivity index (χ3n) is 2.42. The molecule has 1 rings (SSSR count). The Hall–Kier alpha value is -0.0700. The van der Waals surface area contributed by atoms with Gasteiger partial charge in [0.2, 0.25) is 0 Å². The molecule has 1 heterocycles. The lowest BCUT2D eigenvalue weighted by atomic mass is 10.0. The molecule has 0 bridgehead atoms. The summed E-state index contributed by atoms with van der Waals surface area (Å²) in [6.07, 6.45) is 1.44. The second kappa shape index (κ2) is 4.43. The van der Waals surface area contributed by atoms with Gasteiger partial charge in [0.1, 0.15) is 0 Å². The molecule has 88 valence electrons. The molecule has 15 heavy (non-hydrogen) atoms. The van der Waals surface area contributed by atoms with Crippen molar-refractivity contribution in [2.75, 3.05) is 11.5 Å². The third-order valence-corrected chi connectivity index (χ3v) is 5.82. The predicted molar refractivity (Wildman–Crippen MR) is 59.9 cm³/mol. The summed E-state index contributed by atoms with van der Waals surface area (Å²) in [5.41, 5.74) is 0. The fourth-order valence-electron chi connectivity index (χ4n) is 1.70. The highest BCUT2D eigenvalue weighted by atomic mass is 35.7. The van der Waals surface area contributed by atoms with Crippen molar-refractivity contribution in [2.45, 2.75) is 19.3 Å². The van der Waals surface area contributed by atoms with E-state index in [-0.39, 0.29) is 28.7 Å². The number of rotatable bonds is 3. The quantitative estimate of drug-likeness (QED) is 0.726. The maximum Gasteiger partial charge on any atom is 0.256 e. The van der Waals surface area contributed by atoms with E-state index in [4.69, 9.17) is 10.7 Å². The van der Waals surface area contributed by atoms with Gasteiger partial charge in [-0.15, -0.1) is 0 Å². The van der Waals surface area contributed by atoms with Crippen LogP contribution in [0.5, 0.6) is 0 Å². The van der Waals surface area contributed by atoms with Crippen molar-refractivity contribution in [3.63, 3.8) is 0 Å². The third kappa shape index (κ3) is 4.12. The Morgan fingerprint density at radius 3 is 2.53 bits per heavy atom. The SMILES string of the molecule is C=C(CC1CCCS(=O)(=O)C1)S(=O)(=O)Cl. The van der Waals surface area contributed by atoms with Crippen LogP contribution in [-0.2, 0) is 18.9 Å². The van der Waals surface area contributed by atoms with Crippen molar-refractivity contribution >= 4 is 29.6 Å². The van der Waals surface area contributed by atoms with Crippen molar-refractivity contribution in [3.8, 4) is 0 Å². The highest BCUT2D eigenvalue weighted by Crippen LogP contribution is 2.27. The van der Waals surface area contributed by atoms with Gasteiger partial charge in [-0.05, 0) is 25.2 Å². The first kappa shape index (κ1) is 13.0. The summed E-state index contributed by atoms with van der Waals surface area (Å²) in [6.45, 7) is 3.35. The van der Waals surface area contributed by atoms with Gasteiger partial charge in [-0.3, -0.25) is 0 Å². The summed E-state index contributed by atoms with van der Waals surface area (Å²) >= 11 is 0. The fraction of sp³-hybridized carbons (Fsp3) is 0.750. The molecule has 1 atom stereocenters. The van der Waals surface area contributed by atoms with Gasteiger partial charge in [0, 0.05) is 10.7 Å². The zero-order chi connectivity index (χ0) is 11.7. The van der Waals surface area contributed by atoms with Gasteiger partial charge >= 0.3 is 0 Å². The number of hydrogen-bond acceptors (Lipinski definition) is 4. The number of halogens is 1. The van der Waals surface area contributed by atoms with Crippen molar-refractivity contribution in [3.05, 3.63) is 11.5 Å². The summed E-state index contributed by atoms with van der Waals surface area (Å²) in [4.78, 5) is -0.0914. The average molecular weight is 273 g/mol. The van der Waals surface area contributed by atoms with Crippen LogP contribution in [0.4, 0.5) is 0 Å². The maximum absolute atomic E-state index is 11.3. The molecule has 1 aliphatic rings. The van der Waals surface area contributed by atoms with E-state index in [2.05, 4.69) is 6.58 Å². The molecule has 0 amide bonds. The topological polar surface area (TPSA) is 68.3 Å². The number of hydrogen-bond donors (Lipinski definition) is 0. The first-order chi connectivity index (χ1) is 6.71. The van der Waals surface area contributed by atoms with Gasteiger partial charge in [0.25, 0.3) is 9.05 Å². The summed E-state index contributed by atoms with van der Waals surface area (Å²) in [7, 11) is -1.66. The van der Waals surface area contributed by atoms with E-state index in [1.165, 1.54) is 0 Å². The van der Waals surface area contributed by atoms with Crippen LogP contribution in [0.25, 0.3) is 0 Å². The molecule has 0 aromatic heterocycles. The van der Waals surface area contributed by atoms with Crippen LogP contribution in [0.15, 0.2) is 11.5 Å². The molecule has 0 saturated carbocycles. The van der Waals surface area contributed by atoms with Crippen molar-refractivity contribution in [1.82, 2.24) is 0 Å². The number of sulfone groups is 1. The van der Waals surface area contributed by atoms with E-state index in [0.29, 0.717) is 12.8 Å². The molecule has 0 aromatic rings. The largest absolute Gasteiger partial charge is 0.256 e. The minimum atomic E-state index is -3.76. The molecule has 0 radical (unpaired) electrons. The van der Waals surface area contributed by atoms with Crippen molar-refractivity contribution in [1.29, 1.82) is 0 Å². The lowest BCUT2D eigenvalue weighted by Gasteiger charge is -2.21. The molecule has 1 unspecified atom stereocenters. The molecule has 0 aromatic carbocycles. The van der Waals surface area contributed by atoms with Crippen LogP contribution in [0.1, 0.15) is 19.3 Å². The highest BCUT2D eigenvalue weighted by molar-refractivity contribution is 8.16. The minimum Gasteiger partial charge on any atom is -0.229 e. The summed E-state index contributed by atoms with van der Waals surface area (Å²) < 4.78 is 44.3. The van der Waals surface area contributed by atoms with Gasteiger partial charge in [0.15, 0.2) is 9.84 Å². The fourth-order valence-corrected chi connectivity index (χ4v) is 4.10. The van der Waals surface area contributed by atoms with E-state index in [0.717, 1.165) is 0 Å². The molecule has 7 heteroatoms. The molecule has 4 nitrogen and oxygen atoms in total. The molecule has 1 fully saturated rings. The van der Waals surface area contributed by atoms with E-state index in [9.17, 15) is 16.8 Å². The Morgan fingerprint density at radius 1 is 1.47 bits per heavy atom. The van der Waals surface area contributed by atoms with Gasteiger partial charge in [-0.25, -0.2) is 16.8 Å². The van der Waals surface area contributed by atoms with Crippen LogP contribution in [0.2, 0.25) is 0 Å². The highest BCUT2D eigenvalue weighted by Gasteiger charge is 2.27. The average Bonchev–Trinajstić information content (AvgIpc) is 2.00. The Morgan fingerprint density at radius 2 is 2.07 bits per heavy atom. The second-order valence-corrected chi connectivity index (χ2v) is 8.70. The van der Waals surface area contributed by atoms with Crippen LogP contribution in [0, 0.1) is 5.92 Å². The van der Waals surface area contributed by atoms with Crippen LogP contribution in [-0.4, -0.2) is 28.3 Å². The molecule has 1 saturated heterocycles. The van der Waals surface area contributed by atoms with Gasteiger partial charge in [-0.2, -0.15) is 0 Å². The second-order valence-electron chi connectivity index (χ2n) is 3.80. The lowest BCUT2D eigenvalue weighted by Crippen LogP contribution is -2.25. The standard InChI is InChI=1S/C8H13ClO4S2/c1-7(15(9,12)13)5-8-3-2-4-14(10,11)6-8/h8H,1-6H2.